The Kier molecular flexibility index (Phi) is 13.7. The maximum absolute atomic E-state index is 14.9. The molecule has 57 heavy (non-hydrogen) atoms. The number of ether oxygens (including phenoxy) is 3. The van der Waals surface area contributed by atoms with Crippen molar-refractivity contribution in [3.63, 3.8) is 0 Å². The lowest BCUT2D eigenvalue weighted by Crippen LogP contribution is -2.41. The maximum atomic E-state index is 14.9. The normalized spacial score (nSPS) is 18.7. The van der Waals surface area contributed by atoms with Crippen LogP contribution in [-0.4, -0.2) is 57.4 Å². The molecule has 2 bridgehead atoms. The maximum Gasteiger partial charge on any atom is 0.407 e. The standard InChI is InChI=1S/C46H57N3O7Si/c1-46(2,3)57(4,5)55-28-13-12-26-49-27-14-25-47-41(50)30-39(48-45(52)54-32-34-17-10-7-11-18-34)36-21-24-40-38(29-36)42(44(49)51)43(56-40)35-19-22-37(23-20-35)53-31-33-15-8-6-9-16-33/h6-11,15-24,29,39,42-43H,12-14,25-28,30-32H2,1-5H3,(H,47,50)(H,48,52)/t39-,42+,43-/m0/s1. The summed E-state index contributed by atoms with van der Waals surface area (Å²) >= 11 is 0. The van der Waals surface area contributed by atoms with Crippen molar-refractivity contribution in [1.82, 2.24) is 15.5 Å². The van der Waals surface area contributed by atoms with E-state index in [0.717, 1.165) is 35.1 Å². The van der Waals surface area contributed by atoms with E-state index in [1.165, 1.54) is 0 Å². The molecule has 0 radical (unpaired) electrons. The van der Waals surface area contributed by atoms with E-state index in [-0.39, 0.29) is 29.9 Å². The molecule has 3 atom stereocenters. The number of nitrogens with zero attached hydrogens (tertiary/aromatic N) is 1. The molecule has 0 saturated heterocycles. The van der Waals surface area contributed by atoms with Gasteiger partial charge in [0.05, 0.1) is 12.5 Å². The van der Waals surface area contributed by atoms with Gasteiger partial charge in [0.2, 0.25) is 11.8 Å². The molecule has 10 nitrogen and oxygen atoms in total. The van der Waals surface area contributed by atoms with Crippen LogP contribution in [0.2, 0.25) is 18.1 Å². The summed E-state index contributed by atoms with van der Waals surface area (Å²) in [6.07, 6.45) is 0.957. The number of rotatable bonds is 13. The second-order valence-corrected chi connectivity index (χ2v) is 21.3. The van der Waals surface area contributed by atoms with Crippen molar-refractivity contribution < 1.29 is 33.0 Å². The first-order valence-corrected chi connectivity index (χ1v) is 23.0. The fourth-order valence-electron chi connectivity index (χ4n) is 6.91. The van der Waals surface area contributed by atoms with Crippen LogP contribution < -0.4 is 20.1 Å². The number of amides is 3. The summed E-state index contributed by atoms with van der Waals surface area (Å²) in [5.74, 6) is 0.411. The SMILES string of the molecule is CC(C)(C)[Si](C)(C)OCCCCN1CCCNC(=O)C[C@H](NC(=O)OCc2ccccc2)c2ccc3c(c2)[C@@H](C1=O)[C@H](c1ccc(OCc2ccccc2)cc1)O3. The van der Waals surface area contributed by atoms with Gasteiger partial charge < -0.3 is 34.2 Å². The van der Waals surface area contributed by atoms with Crippen molar-refractivity contribution >= 4 is 26.2 Å². The molecule has 2 aliphatic rings. The molecule has 3 amide bonds. The Morgan fingerprint density at radius 3 is 2.23 bits per heavy atom. The quantitative estimate of drug-likeness (QED) is 0.103. The Balaban J connectivity index is 1.25. The number of carbonyl (C=O) groups excluding carboxylic acids is 3. The average Bonchev–Trinajstić information content (AvgIpc) is 3.58. The Hall–Kier alpha value is -5.13. The average molecular weight is 792 g/mol. The third-order valence-corrected chi connectivity index (χ3v) is 15.8. The van der Waals surface area contributed by atoms with Gasteiger partial charge in [-0.15, -0.1) is 0 Å². The lowest BCUT2D eigenvalue weighted by atomic mass is 9.87. The minimum absolute atomic E-state index is 0.00447. The Morgan fingerprint density at radius 1 is 0.877 bits per heavy atom. The highest BCUT2D eigenvalue weighted by molar-refractivity contribution is 6.74. The third kappa shape index (κ3) is 11.0. The van der Waals surface area contributed by atoms with Crippen molar-refractivity contribution in [2.24, 2.45) is 0 Å². The summed E-state index contributed by atoms with van der Waals surface area (Å²) < 4.78 is 24.7. The van der Waals surface area contributed by atoms with Crippen LogP contribution in [0.4, 0.5) is 4.79 Å². The van der Waals surface area contributed by atoms with Gasteiger partial charge in [0.1, 0.15) is 36.7 Å². The molecule has 4 aromatic rings. The van der Waals surface area contributed by atoms with Crippen molar-refractivity contribution in [3.8, 4) is 11.5 Å². The smallest absolute Gasteiger partial charge is 0.407 e. The van der Waals surface area contributed by atoms with E-state index in [1.54, 1.807) is 0 Å². The predicted octanol–water partition coefficient (Wildman–Crippen LogP) is 8.99. The highest BCUT2D eigenvalue weighted by atomic mass is 28.4. The van der Waals surface area contributed by atoms with Crippen LogP contribution in [-0.2, 0) is 32.0 Å². The van der Waals surface area contributed by atoms with Gasteiger partial charge in [-0.3, -0.25) is 9.59 Å². The van der Waals surface area contributed by atoms with E-state index in [1.807, 2.05) is 108 Å². The van der Waals surface area contributed by atoms with Gasteiger partial charge in [0.15, 0.2) is 8.32 Å². The largest absolute Gasteiger partial charge is 0.489 e. The van der Waals surface area contributed by atoms with Gasteiger partial charge in [-0.25, -0.2) is 4.79 Å². The number of fused-ring (bicyclic) bond motifs is 1. The molecule has 6 rings (SSSR count). The molecule has 302 valence electrons. The molecule has 4 aromatic carbocycles. The number of nitrogens with one attached hydrogen (secondary N) is 2. The van der Waals surface area contributed by atoms with Gasteiger partial charge in [-0.05, 0) is 83.9 Å². The zero-order chi connectivity index (χ0) is 40.4. The monoisotopic (exact) mass is 791 g/mol. The van der Waals surface area contributed by atoms with E-state index in [2.05, 4.69) is 44.5 Å². The molecular formula is C46H57N3O7Si. The number of alkyl carbamates (subject to hydrolysis) is 1. The topological polar surface area (TPSA) is 115 Å². The summed E-state index contributed by atoms with van der Waals surface area (Å²) in [5.41, 5.74) is 4.18. The van der Waals surface area contributed by atoms with Crippen LogP contribution in [0, 0.1) is 0 Å². The lowest BCUT2D eigenvalue weighted by Gasteiger charge is -2.36. The fourth-order valence-corrected chi connectivity index (χ4v) is 8.00. The second-order valence-electron chi connectivity index (χ2n) is 16.5. The third-order valence-electron chi connectivity index (χ3n) is 11.3. The first-order chi connectivity index (χ1) is 27.4. The molecule has 2 aliphatic heterocycles. The molecule has 0 unspecified atom stereocenters. The molecule has 0 saturated carbocycles. The van der Waals surface area contributed by atoms with Gasteiger partial charge >= 0.3 is 6.09 Å². The fraction of sp³-hybridized carbons (Fsp3) is 0.413. The highest BCUT2D eigenvalue weighted by Gasteiger charge is 2.43. The summed E-state index contributed by atoms with van der Waals surface area (Å²) in [7, 11) is -1.89. The molecule has 0 aromatic heterocycles. The van der Waals surface area contributed by atoms with Crippen LogP contribution in [0.25, 0.3) is 0 Å². The predicted molar refractivity (Wildman–Crippen MR) is 223 cm³/mol. The summed E-state index contributed by atoms with van der Waals surface area (Å²) in [5, 5.41) is 6.05. The molecule has 0 aliphatic carbocycles. The Morgan fingerprint density at radius 2 is 1.54 bits per heavy atom. The Bertz CT molecular complexity index is 1950. The van der Waals surface area contributed by atoms with Gasteiger partial charge in [-0.1, -0.05) is 99.6 Å². The van der Waals surface area contributed by atoms with Crippen LogP contribution in [0.15, 0.2) is 103 Å². The number of benzene rings is 4. The minimum Gasteiger partial charge on any atom is -0.489 e. The van der Waals surface area contributed by atoms with Gasteiger partial charge in [0.25, 0.3) is 0 Å². The molecular weight excluding hydrogens is 735 g/mol. The van der Waals surface area contributed by atoms with Crippen LogP contribution >= 0.6 is 0 Å². The first kappa shape index (κ1) is 41.5. The molecule has 11 heteroatoms. The lowest BCUT2D eigenvalue weighted by molar-refractivity contribution is -0.134. The van der Waals surface area contributed by atoms with Crippen molar-refractivity contribution in [1.29, 1.82) is 0 Å². The Labute approximate surface area is 338 Å². The second kappa shape index (κ2) is 18.9. The van der Waals surface area contributed by atoms with Gasteiger partial charge in [-0.2, -0.15) is 0 Å². The molecule has 2 heterocycles. The summed E-state index contributed by atoms with van der Waals surface area (Å²) in [4.78, 5) is 43.3. The van der Waals surface area contributed by atoms with E-state index in [0.29, 0.717) is 56.3 Å². The number of hydrogen-bond acceptors (Lipinski definition) is 7. The van der Waals surface area contributed by atoms with Crippen molar-refractivity contribution in [3.05, 3.63) is 131 Å². The van der Waals surface area contributed by atoms with E-state index in [9.17, 15) is 14.4 Å². The number of carbonyl (C=O) groups is 3. The van der Waals surface area contributed by atoms with Gasteiger partial charge in [0, 0.05) is 31.8 Å². The van der Waals surface area contributed by atoms with Crippen molar-refractivity contribution in [2.75, 3.05) is 26.2 Å². The zero-order valence-corrected chi connectivity index (χ0v) is 34.9. The molecule has 2 N–H and O–H groups in total. The number of unbranched alkanes of at least 4 members (excludes halogenated alkanes) is 1. The van der Waals surface area contributed by atoms with E-state index >= 15 is 0 Å². The minimum atomic E-state index is -1.89. The summed E-state index contributed by atoms with van der Waals surface area (Å²) in [6.45, 7) is 13.8. The van der Waals surface area contributed by atoms with Crippen LogP contribution in [0.1, 0.15) is 92.3 Å². The zero-order valence-electron chi connectivity index (χ0n) is 33.9. The van der Waals surface area contributed by atoms with E-state index in [4.69, 9.17) is 18.6 Å². The highest BCUT2D eigenvalue weighted by Crippen LogP contribution is 2.48. The molecule has 0 spiro atoms. The van der Waals surface area contributed by atoms with E-state index < -0.39 is 32.5 Å². The summed E-state index contributed by atoms with van der Waals surface area (Å²) in [6, 6.07) is 32.1. The molecule has 0 fully saturated rings. The van der Waals surface area contributed by atoms with Crippen LogP contribution in [0.3, 0.4) is 0 Å². The van der Waals surface area contributed by atoms with Crippen LogP contribution in [0.5, 0.6) is 11.5 Å². The number of hydrogen-bond donors (Lipinski definition) is 2. The van der Waals surface area contributed by atoms with Crippen molar-refractivity contribution in [2.45, 2.75) is 95.9 Å². The first-order valence-electron chi connectivity index (χ1n) is 20.1.